The number of fused-ring (bicyclic) bond motifs is 1. The number of amides is 1. The molecule has 1 aliphatic rings. The lowest BCUT2D eigenvalue weighted by atomic mass is 9.96. The van der Waals surface area contributed by atoms with Crippen LogP contribution in [0.3, 0.4) is 0 Å². The SMILES string of the molecule is COc1cccc(C(c2c[nH]c3ccccc23)N2CCCC2=O)c1. The van der Waals surface area contributed by atoms with E-state index in [9.17, 15) is 4.79 Å². The van der Waals surface area contributed by atoms with E-state index in [2.05, 4.69) is 23.2 Å². The molecule has 24 heavy (non-hydrogen) atoms. The number of para-hydroxylation sites is 1. The summed E-state index contributed by atoms with van der Waals surface area (Å²) in [4.78, 5) is 17.8. The topological polar surface area (TPSA) is 45.3 Å². The number of likely N-dealkylation sites (tertiary alicyclic amines) is 1. The molecule has 0 aliphatic carbocycles. The van der Waals surface area contributed by atoms with Gasteiger partial charge >= 0.3 is 0 Å². The summed E-state index contributed by atoms with van der Waals surface area (Å²) in [6, 6.07) is 16.1. The maximum absolute atomic E-state index is 12.5. The Hall–Kier alpha value is -2.75. The molecule has 0 radical (unpaired) electrons. The third kappa shape index (κ3) is 2.44. The van der Waals surface area contributed by atoms with Crippen LogP contribution in [-0.2, 0) is 4.79 Å². The molecule has 1 saturated heterocycles. The molecule has 2 aromatic carbocycles. The number of H-pyrrole nitrogens is 1. The van der Waals surface area contributed by atoms with Gasteiger partial charge in [-0.05, 0) is 30.2 Å². The van der Waals surface area contributed by atoms with E-state index in [1.807, 2.05) is 41.4 Å². The zero-order valence-electron chi connectivity index (χ0n) is 13.7. The Balaban J connectivity index is 1.88. The molecule has 3 aromatic rings. The first-order chi connectivity index (χ1) is 11.8. The molecule has 1 fully saturated rings. The van der Waals surface area contributed by atoms with Gasteiger partial charge in [0.15, 0.2) is 0 Å². The Labute approximate surface area is 141 Å². The fourth-order valence-corrected chi connectivity index (χ4v) is 3.60. The van der Waals surface area contributed by atoms with Gasteiger partial charge in [0.25, 0.3) is 0 Å². The fourth-order valence-electron chi connectivity index (χ4n) is 3.60. The standard InChI is InChI=1S/C20H20N2O2/c1-24-15-7-4-6-14(12-15)20(22-11-5-10-19(22)23)17-13-21-18-9-3-2-8-16(17)18/h2-4,6-9,12-13,20-21H,5,10-11H2,1H3. The highest BCUT2D eigenvalue weighted by molar-refractivity contribution is 5.86. The molecule has 4 heteroatoms. The summed E-state index contributed by atoms with van der Waals surface area (Å²) in [5.41, 5.74) is 3.30. The van der Waals surface area contributed by atoms with Crippen LogP contribution >= 0.6 is 0 Å². The average molecular weight is 320 g/mol. The predicted molar refractivity (Wildman–Crippen MR) is 94.1 cm³/mol. The van der Waals surface area contributed by atoms with Crippen molar-refractivity contribution < 1.29 is 9.53 Å². The number of ether oxygens (including phenoxy) is 1. The first kappa shape index (κ1) is 14.8. The van der Waals surface area contributed by atoms with Gasteiger partial charge in [-0.2, -0.15) is 0 Å². The van der Waals surface area contributed by atoms with Gasteiger partial charge in [0.2, 0.25) is 5.91 Å². The van der Waals surface area contributed by atoms with Crippen LogP contribution < -0.4 is 4.74 Å². The Morgan fingerprint density at radius 1 is 1.17 bits per heavy atom. The van der Waals surface area contributed by atoms with Gasteiger partial charge in [-0.1, -0.05) is 30.3 Å². The molecular formula is C20H20N2O2. The molecule has 0 saturated carbocycles. The van der Waals surface area contributed by atoms with Crippen molar-refractivity contribution in [2.75, 3.05) is 13.7 Å². The minimum absolute atomic E-state index is 0.0914. The van der Waals surface area contributed by atoms with Crippen LogP contribution in [0.4, 0.5) is 0 Å². The highest BCUT2D eigenvalue weighted by Crippen LogP contribution is 2.37. The Kier molecular flexibility index (Phi) is 3.73. The second-order valence-corrected chi connectivity index (χ2v) is 6.16. The fraction of sp³-hybridized carbons (Fsp3) is 0.250. The number of nitrogens with one attached hydrogen (secondary N) is 1. The lowest BCUT2D eigenvalue weighted by Gasteiger charge is -2.28. The number of carbonyl (C=O) groups is 1. The summed E-state index contributed by atoms with van der Waals surface area (Å²) in [6.07, 6.45) is 3.57. The highest BCUT2D eigenvalue weighted by Gasteiger charge is 2.31. The average Bonchev–Trinajstić information content (AvgIpc) is 3.23. The van der Waals surface area contributed by atoms with E-state index in [1.54, 1.807) is 7.11 Å². The molecule has 1 unspecified atom stereocenters. The maximum Gasteiger partial charge on any atom is 0.223 e. The van der Waals surface area contributed by atoms with Crippen LogP contribution in [0.2, 0.25) is 0 Å². The third-order valence-electron chi connectivity index (χ3n) is 4.75. The van der Waals surface area contributed by atoms with Crippen molar-refractivity contribution in [3.8, 4) is 5.75 Å². The number of hydrogen-bond donors (Lipinski definition) is 1. The van der Waals surface area contributed by atoms with Crippen LogP contribution in [-0.4, -0.2) is 29.4 Å². The second-order valence-electron chi connectivity index (χ2n) is 6.16. The molecule has 0 bridgehead atoms. The van der Waals surface area contributed by atoms with Crippen molar-refractivity contribution in [3.63, 3.8) is 0 Å². The number of methoxy groups -OCH3 is 1. The van der Waals surface area contributed by atoms with Crippen molar-refractivity contribution >= 4 is 16.8 Å². The zero-order valence-corrected chi connectivity index (χ0v) is 13.7. The van der Waals surface area contributed by atoms with Gasteiger partial charge in [0.05, 0.1) is 13.2 Å². The number of rotatable bonds is 4. The molecule has 4 rings (SSSR count). The minimum atomic E-state index is -0.0914. The summed E-state index contributed by atoms with van der Waals surface area (Å²) >= 11 is 0. The van der Waals surface area contributed by atoms with Gasteiger partial charge in [0.1, 0.15) is 5.75 Å². The smallest absolute Gasteiger partial charge is 0.223 e. The van der Waals surface area contributed by atoms with E-state index in [0.29, 0.717) is 6.42 Å². The van der Waals surface area contributed by atoms with Crippen molar-refractivity contribution in [2.24, 2.45) is 0 Å². The van der Waals surface area contributed by atoms with Gasteiger partial charge in [-0.25, -0.2) is 0 Å². The molecule has 1 aliphatic heterocycles. The van der Waals surface area contributed by atoms with E-state index in [-0.39, 0.29) is 11.9 Å². The minimum Gasteiger partial charge on any atom is -0.497 e. The third-order valence-corrected chi connectivity index (χ3v) is 4.75. The molecular weight excluding hydrogens is 300 g/mol. The van der Waals surface area contributed by atoms with Crippen LogP contribution in [0.5, 0.6) is 5.75 Å². The van der Waals surface area contributed by atoms with Gasteiger partial charge in [-0.15, -0.1) is 0 Å². The summed E-state index contributed by atoms with van der Waals surface area (Å²) in [7, 11) is 1.67. The monoisotopic (exact) mass is 320 g/mol. The van der Waals surface area contributed by atoms with Gasteiger partial charge in [0, 0.05) is 35.6 Å². The van der Waals surface area contributed by atoms with E-state index < -0.39 is 0 Å². The molecule has 1 N–H and O–H groups in total. The number of benzene rings is 2. The van der Waals surface area contributed by atoms with E-state index in [1.165, 1.54) is 0 Å². The molecule has 1 atom stereocenters. The predicted octanol–water partition coefficient (Wildman–Crippen LogP) is 3.89. The second kappa shape index (κ2) is 6.04. The van der Waals surface area contributed by atoms with Crippen LogP contribution in [0.1, 0.15) is 30.0 Å². The van der Waals surface area contributed by atoms with Crippen LogP contribution in [0, 0.1) is 0 Å². The first-order valence-corrected chi connectivity index (χ1v) is 8.27. The number of aromatic nitrogens is 1. The quantitative estimate of drug-likeness (QED) is 0.792. The summed E-state index contributed by atoms with van der Waals surface area (Å²) in [6.45, 7) is 0.792. The van der Waals surface area contributed by atoms with Crippen molar-refractivity contribution in [1.29, 1.82) is 0 Å². The summed E-state index contributed by atoms with van der Waals surface area (Å²) in [5.74, 6) is 1.03. The number of hydrogen-bond acceptors (Lipinski definition) is 2. The van der Waals surface area contributed by atoms with Gasteiger partial charge in [-0.3, -0.25) is 4.79 Å². The lowest BCUT2D eigenvalue weighted by molar-refractivity contribution is -0.129. The molecule has 1 aromatic heterocycles. The van der Waals surface area contributed by atoms with E-state index >= 15 is 0 Å². The van der Waals surface area contributed by atoms with E-state index in [4.69, 9.17) is 4.74 Å². The van der Waals surface area contributed by atoms with Gasteiger partial charge < -0.3 is 14.6 Å². The highest BCUT2D eigenvalue weighted by atomic mass is 16.5. The zero-order chi connectivity index (χ0) is 16.5. The van der Waals surface area contributed by atoms with Crippen molar-refractivity contribution in [2.45, 2.75) is 18.9 Å². The molecule has 0 spiro atoms. The Morgan fingerprint density at radius 3 is 2.83 bits per heavy atom. The first-order valence-electron chi connectivity index (χ1n) is 8.27. The number of carbonyl (C=O) groups excluding carboxylic acids is 1. The van der Waals surface area contributed by atoms with E-state index in [0.717, 1.165) is 40.7 Å². The summed E-state index contributed by atoms with van der Waals surface area (Å²) in [5, 5.41) is 1.16. The van der Waals surface area contributed by atoms with Crippen molar-refractivity contribution in [1.82, 2.24) is 9.88 Å². The number of aromatic amines is 1. The Bertz CT molecular complexity index is 884. The normalized spacial score (nSPS) is 15.9. The summed E-state index contributed by atoms with van der Waals surface area (Å²) < 4.78 is 5.39. The molecule has 122 valence electrons. The largest absolute Gasteiger partial charge is 0.497 e. The number of nitrogens with zero attached hydrogens (tertiary/aromatic N) is 1. The van der Waals surface area contributed by atoms with Crippen LogP contribution in [0.25, 0.3) is 10.9 Å². The molecule has 4 nitrogen and oxygen atoms in total. The molecule has 2 heterocycles. The lowest BCUT2D eigenvalue weighted by Crippen LogP contribution is -2.30. The molecule has 1 amide bonds. The van der Waals surface area contributed by atoms with Crippen LogP contribution in [0.15, 0.2) is 54.7 Å². The Morgan fingerprint density at radius 2 is 2.04 bits per heavy atom. The van der Waals surface area contributed by atoms with Crippen molar-refractivity contribution in [3.05, 3.63) is 65.9 Å². The maximum atomic E-state index is 12.5.